The summed E-state index contributed by atoms with van der Waals surface area (Å²) in [5.74, 6) is 1.15. The summed E-state index contributed by atoms with van der Waals surface area (Å²) >= 11 is 0. The summed E-state index contributed by atoms with van der Waals surface area (Å²) in [7, 11) is 0. The number of amides is 1. The summed E-state index contributed by atoms with van der Waals surface area (Å²) in [5.41, 5.74) is 0.262. The predicted molar refractivity (Wildman–Crippen MR) is 43.1 cm³/mol. The second-order valence-electron chi connectivity index (χ2n) is 4.01. The normalized spacial score (nSPS) is 42.3. The van der Waals surface area contributed by atoms with Crippen LogP contribution in [-0.4, -0.2) is 11.4 Å². The van der Waals surface area contributed by atoms with E-state index in [-0.39, 0.29) is 11.4 Å². The van der Waals surface area contributed by atoms with Crippen LogP contribution in [0.25, 0.3) is 0 Å². The molecule has 1 spiro atoms. The smallest absolute Gasteiger partial charge is 0.220 e. The molecule has 1 amide bonds. The van der Waals surface area contributed by atoms with Crippen molar-refractivity contribution in [1.29, 1.82) is 0 Å². The predicted octanol–water partition coefficient (Wildman–Crippen LogP) is 1.46. The maximum absolute atomic E-state index is 10.9. The van der Waals surface area contributed by atoms with Crippen molar-refractivity contribution in [3.05, 3.63) is 0 Å². The Labute approximate surface area is 67.4 Å². The Morgan fingerprint density at radius 2 is 2.36 bits per heavy atom. The van der Waals surface area contributed by atoms with Gasteiger partial charge in [0, 0.05) is 12.0 Å². The molecule has 0 aromatic rings. The van der Waals surface area contributed by atoms with E-state index < -0.39 is 0 Å². The number of rotatable bonds is 1. The lowest BCUT2D eigenvalue weighted by molar-refractivity contribution is -0.120. The summed E-state index contributed by atoms with van der Waals surface area (Å²) in [6.07, 6.45) is 5.58. The molecule has 11 heavy (non-hydrogen) atoms. The third-order valence-electron chi connectivity index (χ3n) is 3.17. The molecule has 2 aliphatic rings. The summed E-state index contributed by atoms with van der Waals surface area (Å²) < 4.78 is 0. The van der Waals surface area contributed by atoms with E-state index in [9.17, 15) is 4.79 Å². The molecule has 0 aromatic carbocycles. The van der Waals surface area contributed by atoms with Crippen molar-refractivity contribution in [1.82, 2.24) is 5.32 Å². The van der Waals surface area contributed by atoms with Gasteiger partial charge in [0.2, 0.25) is 5.91 Å². The first-order valence-corrected chi connectivity index (χ1v) is 4.55. The quantitative estimate of drug-likeness (QED) is 0.607. The molecule has 0 unspecified atom stereocenters. The van der Waals surface area contributed by atoms with Crippen molar-refractivity contribution in [2.24, 2.45) is 5.92 Å². The number of hydrogen-bond donors (Lipinski definition) is 1. The Morgan fingerprint density at radius 3 is 2.82 bits per heavy atom. The largest absolute Gasteiger partial charge is 0.351 e. The molecule has 2 fully saturated rings. The van der Waals surface area contributed by atoms with Crippen LogP contribution < -0.4 is 5.32 Å². The Bertz CT molecular complexity index is 182. The Balaban J connectivity index is 1.92. The molecular weight excluding hydrogens is 138 g/mol. The first kappa shape index (κ1) is 7.14. The van der Waals surface area contributed by atoms with Gasteiger partial charge in [-0.2, -0.15) is 0 Å². The molecule has 2 nitrogen and oxygen atoms in total. The average Bonchev–Trinajstić information content (AvgIpc) is 2.28. The van der Waals surface area contributed by atoms with E-state index in [0.717, 1.165) is 18.8 Å². The highest BCUT2D eigenvalue weighted by Gasteiger charge is 2.47. The van der Waals surface area contributed by atoms with Crippen LogP contribution in [0.3, 0.4) is 0 Å². The lowest BCUT2D eigenvalue weighted by atomic mass is 9.67. The maximum Gasteiger partial charge on any atom is 0.220 e. The van der Waals surface area contributed by atoms with E-state index in [4.69, 9.17) is 0 Å². The van der Waals surface area contributed by atoms with Crippen LogP contribution in [0.2, 0.25) is 0 Å². The Hall–Kier alpha value is -0.530. The molecule has 1 aliphatic carbocycles. The third-order valence-corrected chi connectivity index (χ3v) is 3.17. The standard InChI is InChI=1S/C9H15NO/c1-2-7-5-9(6-7)4-3-8(11)10-9/h7H,2-6H2,1H3,(H,10,11). The number of nitrogens with one attached hydrogen (secondary N) is 1. The van der Waals surface area contributed by atoms with Crippen LogP contribution in [0.5, 0.6) is 0 Å². The van der Waals surface area contributed by atoms with E-state index >= 15 is 0 Å². The molecule has 1 heterocycles. The fourth-order valence-corrected chi connectivity index (χ4v) is 2.41. The second kappa shape index (κ2) is 2.23. The molecule has 0 radical (unpaired) electrons. The van der Waals surface area contributed by atoms with Gasteiger partial charge < -0.3 is 5.32 Å². The summed E-state index contributed by atoms with van der Waals surface area (Å²) in [4.78, 5) is 10.9. The maximum atomic E-state index is 10.9. The van der Waals surface area contributed by atoms with Crippen molar-refractivity contribution >= 4 is 5.91 Å². The van der Waals surface area contributed by atoms with Gasteiger partial charge in [0.15, 0.2) is 0 Å². The number of hydrogen-bond acceptors (Lipinski definition) is 1. The lowest BCUT2D eigenvalue weighted by Gasteiger charge is -2.44. The summed E-state index contributed by atoms with van der Waals surface area (Å²) in [6.45, 7) is 2.23. The molecule has 0 aromatic heterocycles. The molecule has 1 saturated carbocycles. The first-order valence-electron chi connectivity index (χ1n) is 4.55. The van der Waals surface area contributed by atoms with Crippen LogP contribution >= 0.6 is 0 Å². The summed E-state index contributed by atoms with van der Waals surface area (Å²) in [5, 5.41) is 3.09. The van der Waals surface area contributed by atoms with Crippen molar-refractivity contribution in [2.45, 2.75) is 44.6 Å². The van der Waals surface area contributed by atoms with Gasteiger partial charge in [-0.15, -0.1) is 0 Å². The number of carbonyl (C=O) groups is 1. The molecular formula is C9H15NO. The minimum Gasteiger partial charge on any atom is -0.351 e. The van der Waals surface area contributed by atoms with E-state index in [1.54, 1.807) is 0 Å². The van der Waals surface area contributed by atoms with Crippen molar-refractivity contribution < 1.29 is 4.79 Å². The van der Waals surface area contributed by atoms with Crippen LogP contribution in [-0.2, 0) is 4.79 Å². The van der Waals surface area contributed by atoms with E-state index in [1.165, 1.54) is 19.3 Å². The fraction of sp³-hybridized carbons (Fsp3) is 0.889. The molecule has 2 rings (SSSR count). The van der Waals surface area contributed by atoms with E-state index in [2.05, 4.69) is 12.2 Å². The van der Waals surface area contributed by atoms with Crippen LogP contribution in [0.1, 0.15) is 39.0 Å². The zero-order valence-electron chi connectivity index (χ0n) is 7.02. The van der Waals surface area contributed by atoms with Gasteiger partial charge in [0.1, 0.15) is 0 Å². The van der Waals surface area contributed by atoms with Gasteiger partial charge in [-0.3, -0.25) is 4.79 Å². The highest BCUT2D eigenvalue weighted by atomic mass is 16.2. The van der Waals surface area contributed by atoms with E-state index in [0.29, 0.717) is 0 Å². The summed E-state index contributed by atoms with van der Waals surface area (Å²) in [6, 6.07) is 0. The van der Waals surface area contributed by atoms with Crippen LogP contribution in [0.15, 0.2) is 0 Å². The van der Waals surface area contributed by atoms with Gasteiger partial charge in [-0.05, 0) is 25.2 Å². The SMILES string of the molecule is CCC1CC2(CCC(=O)N2)C1. The Kier molecular flexibility index (Phi) is 1.44. The third kappa shape index (κ3) is 1.05. The first-order chi connectivity index (χ1) is 5.24. The number of carbonyl (C=O) groups excluding carboxylic acids is 1. The zero-order chi connectivity index (χ0) is 7.90. The monoisotopic (exact) mass is 153 g/mol. The van der Waals surface area contributed by atoms with Crippen molar-refractivity contribution in [3.63, 3.8) is 0 Å². The molecule has 1 saturated heterocycles. The van der Waals surface area contributed by atoms with Gasteiger partial charge in [0.05, 0.1) is 0 Å². The molecule has 1 N–H and O–H groups in total. The van der Waals surface area contributed by atoms with Crippen LogP contribution in [0, 0.1) is 5.92 Å². The molecule has 62 valence electrons. The molecule has 2 heteroatoms. The fourth-order valence-electron chi connectivity index (χ4n) is 2.41. The van der Waals surface area contributed by atoms with Gasteiger partial charge in [-0.25, -0.2) is 0 Å². The van der Waals surface area contributed by atoms with Gasteiger partial charge >= 0.3 is 0 Å². The van der Waals surface area contributed by atoms with Gasteiger partial charge in [-0.1, -0.05) is 13.3 Å². The minimum atomic E-state index is 0.262. The molecule has 0 atom stereocenters. The average molecular weight is 153 g/mol. The highest BCUT2D eigenvalue weighted by Crippen LogP contribution is 2.45. The minimum absolute atomic E-state index is 0.262. The zero-order valence-corrected chi connectivity index (χ0v) is 7.02. The molecule has 0 bridgehead atoms. The highest BCUT2D eigenvalue weighted by molar-refractivity contribution is 5.79. The lowest BCUT2D eigenvalue weighted by Crippen LogP contribution is -2.52. The topological polar surface area (TPSA) is 29.1 Å². The van der Waals surface area contributed by atoms with Crippen LogP contribution in [0.4, 0.5) is 0 Å². The Morgan fingerprint density at radius 1 is 1.64 bits per heavy atom. The second-order valence-corrected chi connectivity index (χ2v) is 4.01. The van der Waals surface area contributed by atoms with Gasteiger partial charge in [0.25, 0.3) is 0 Å². The molecule has 1 aliphatic heterocycles. The van der Waals surface area contributed by atoms with Crippen molar-refractivity contribution in [3.8, 4) is 0 Å². The van der Waals surface area contributed by atoms with Crippen molar-refractivity contribution in [2.75, 3.05) is 0 Å². The van der Waals surface area contributed by atoms with E-state index in [1.807, 2.05) is 0 Å².